The van der Waals surface area contributed by atoms with E-state index in [9.17, 15) is 23.1 Å². The van der Waals surface area contributed by atoms with Crippen LogP contribution in [0.15, 0.2) is 60.8 Å². The van der Waals surface area contributed by atoms with E-state index in [1.807, 2.05) is 13.8 Å². The molecule has 0 aliphatic heterocycles. The zero-order chi connectivity index (χ0) is 28.2. The maximum atomic E-state index is 13.7. The first kappa shape index (κ1) is 30.4. The van der Waals surface area contributed by atoms with Crippen molar-refractivity contribution in [3.05, 3.63) is 66.3 Å². The first-order valence-electron chi connectivity index (χ1n) is 10.9. The number of anilines is 4. The number of hydrogen-bond acceptors (Lipinski definition) is 8. The second-order valence-corrected chi connectivity index (χ2v) is 6.92. The van der Waals surface area contributed by atoms with Crippen molar-refractivity contribution in [2.24, 2.45) is 11.7 Å². The second-order valence-electron chi connectivity index (χ2n) is 6.92. The van der Waals surface area contributed by atoms with Gasteiger partial charge >= 0.3 is 6.18 Å². The van der Waals surface area contributed by atoms with Gasteiger partial charge in [0, 0.05) is 23.9 Å². The number of rotatable bonds is 9. The van der Waals surface area contributed by atoms with Crippen LogP contribution in [0.25, 0.3) is 0 Å². The number of hydrogen-bond donors (Lipinski definition) is 5. The van der Waals surface area contributed by atoms with Crippen molar-refractivity contribution >= 4 is 29.0 Å². The summed E-state index contributed by atoms with van der Waals surface area (Å²) in [5, 5.41) is 17.7. The van der Waals surface area contributed by atoms with Crippen molar-refractivity contribution in [3.63, 3.8) is 0 Å². The zero-order valence-corrected chi connectivity index (χ0v) is 20.8. The number of ether oxygens (including phenoxy) is 1. The quantitative estimate of drug-likeness (QED) is 0.102. The first-order chi connectivity index (χ1) is 17.5. The SMILES string of the molecule is C#CC(C)/C=C(\C=C(/N)OC)Nc1ncc(C(F)(F)F)c(Nc2cccc(O)c2NC(=O)C=C)n1.CC. The molecule has 1 aromatic heterocycles. The fourth-order valence-electron chi connectivity index (χ4n) is 2.61. The number of allylic oxidation sites excluding steroid dienone is 2. The maximum Gasteiger partial charge on any atom is 0.421 e. The van der Waals surface area contributed by atoms with Gasteiger partial charge in [0.25, 0.3) is 0 Å². The van der Waals surface area contributed by atoms with Crippen LogP contribution >= 0.6 is 0 Å². The molecular weight excluding hydrogens is 489 g/mol. The van der Waals surface area contributed by atoms with Crippen molar-refractivity contribution in [1.82, 2.24) is 9.97 Å². The lowest BCUT2D eigenvalue weighted by Gasteiger charge is -2.18. The van der Waals surface area contributed by atoms with Gasteiger partial charge in [-0.2, -0.15) is 18.2 Å². The average Bonchev–Trinajstić information content (AvgIpc) is 2.86. The molecule has 0 bridgehead atoms. The standard InChI is InChI=1S/C23H23F3N6O3.C2H6/c1-5-13(3)10-14(11-18(27)35-4)29-22-28-12-15(23(24,25)26)21(32-22)30-16-8-7-9-17(33)20(16)31-19(34)6-2;1-2/h1,6-13,33H,2,27H2,3-4H3,(H,31,34)(H2,28,29,30,32);1-2H3/b14-10+,18-11+;. The molecule has 198 valence electrons. The molecule has 1 heterocycles. The molecule has 1 amide bonds. The van der Waals surface area contributed by atoms with Gasteiger partial charge in [-0.05, 0) is 31.2 Å². The highest BCUT2D eigenvalue weighted by molar-refractivity contribution is 6.02. The molecule has 37 heavy (non-hydrogen) atoms. The number of nitrogens with two attached hydrogens (primary N) is 1. The number of carbonyl (C=O) groups is 1. The third kappa shape index (κ3) is 9.14. The number of nitrogens with zero attached hydrogens (tertiary/aromatic N) is 2. The Morgan fingerprint density at radius 3 is 2.57 bits per heavy atom. The van der Waals surface area contributed by atoms with Gasteiger partial charge in [0.1, 0.15) is 22.8 Å². The lowest BCUT2D eigenvalue weighted by molar-refractivity contribution is -0.137. The van der Waals surface area contributed by atoms with Gasteiger partial charge in [-0.15, -0.1) is 6.42 Å². The predicted molar refractivity (Wildman–Crippen MR) is 138 cm³/mol. The Hall–Kier alpha value is -4.66. The topological polar surface area (TPSA) is 134 Å². The Kier molecular flexibility index (Phi) is 11.5. The number of nitrogens with one attached hydrogen (secondary N) is 3. The summed E-state index contributed by atoms with van der Waals surface area (Å²) in [7, 11) is 1.34. The second kappa shape index (κ2) is 14.0. The molecule has 9 nitrogen and oxygen atoms in total. The highest BCUT2D eigenvalue weighted by atomic mass is 19.4. The van der Waals surface area contributed by atoms with Crippen molar-refractivity contribution in [2.45, 2.75) is 26.9 Å². The number of benzene rings is 1. The van der Waals surface area contributed by atoms with Crippen LogP contribution in [0.5, 0.6) is 5.75 Å². The first-order valence-corrected chi connectivity index (χ1v) is 10.9. The van der Waals surface area contributed by atoms with E-state index in [1.165, 1.54) is 31.4 Å². The third-order valence-corrected chi connectivity index (χ3v) is 4.31. The molecule has 0 saturated carbocycles. The lowest BCUT2D eigenvalue weighted by Crippen LogP contribution is -2.15. The van der Waals surface area contributed by atoms with Crippen LogP contribution < -0.4 is 21.7 Å². The molecule has 2 rings (SSSR count). The summed E-state index contributed by atoms with van der Waals surface area (Å²) in [5.41, 5.74) is 4.53. The number of amides is 1. The molecule has 0 fully saturated rings. The fourth-order valence-corrected chi connectivity index (χ4v) is 2.61. The Morgan fingerprint density at radius 1 is 1.32 bits per heavy atom. The molecule has 0 aliphatic carbocycles. The number of methoxy groups -OCH3 is 1. The molecule has 1 aromatic carbocycles. The van der Waals surface area contributed by atoms with Crippen LogP contribution in [0.4, 0.5) is 36.3 Å². The van der Waals surface area contributed by atoms with Gasteiger partial charge in [-0.3, -0.25) is 4.79 Å². The van der Waals surface area contributed by atoms with Crippen LogP contribution in [-0.4, -0.2) is 28.1 Å². The number of alkyl halides is 3. The summed E-state index contributed by atoms with van der Waals surface area (Å²) in [6.07, 6.45) is 5.02. The molecule has 0 radical (unpaired) electrons. The molecule has 1 unspecified atom stereocenters. The van der Waals surface area contributed by atoms with E-state index in [2.05, 4.69) is 38.4 Å². The van der Waals surface area contributed by atoms with Crippen LogP contribution in [0.3, 0.4) is 0 Å². The van der Waals surface area contributed by atoms with E-state index >= 15 is 0 Å². The van der Waals surface area contributed by atoms with Crippen molar-refractivity contribution in [2.75, 3.05) is 23.1 Å². The van der Waals surface area contributed by atoms with E-state index in [-0.39, 0.29) is 40.6 Å². The van der Waals surface area contributed by atoms with E-state index in [0.29, 0.717) is 6.20 Å². The van der Waals surface area contributed by atoms with E-state index < -0.39 is 23.5 Å². The number of para-hydroxylation sites is 1. The Balaban J connectivity index is 0.00000334. The number of aromatic hydroxyl groups is 1. The van der Waals surface area contributed by atoms with E-state index in [1.54, 1.807) is 13.0 Å². The van der Waals surface area contributed by atoms with Crippen LogP contribution in [-0.2, 0) is 15.7 Å². The van der Waals surface area contributed by atoms with Crippen LogP contribution in [0.1, 0.15) is 26.3 Å². The van der Waals surface area contributed by atoms with Crippen LogP contribution in [0.2, 0.25) is 0 Å². The molecule has 0 spiro atoms. The molecule has 0 aliphatic rings. The minimum absolute atomic E-state index is 0.000550. The Labute approximate surface area is 213 Å². The predicted octanol–water partition coefficient (Wildman–Crippen LogP) is 5.11. The van der Waals surface area contributed by atoms with Gasteiger partial charge in [0.15, 0.2) is 5.88 Å². The Bertz CT molecular complexity index is 1200. The average molecular weight is 519 g/mol. The smallest absolute Gasteiger partial charge is 0.421 e. The zero-order valence-electron chi connectivity index (χ0n) is 20.8. The number of phenols is 1. The lowest BCUT2D eigenvalue weighted by atomic mass is 10.1. The number of aromatic nitrogens is 2. The number of terminal acetylenes is 1. The van der Waals surface area contributed by atoms with Crippen LogP contribution in [0, 0.1) is 18.3 Å². The highest BCUT2D eigenvalue weighted by Gasteiger charge is 2.35. The van der Waals surface area contributed by atoms with Crippen molar-refractivity contribution in [3.8, 4) is 18.1 Å². The molecular formula is C25H29F3N6O3. The largest absolute Gasteiger partial charge is 0.506 e. The normalized spacial score (nSPS) is 12.3. The molecule has 2 aromatic rings. The number of phenolic OH excluding ortho intramolecular Hbond substituents is 1. The molecule has 12 heteroatoms. The summed E-state index contributed by atoms with van der Waals surface area (Å²) in [5.74, 6) is 0.164. The maximum absolute atomic E-state index is 13.7. The van der Waals surface area contributed by atoms with Gasteiger partial charge in [0.05, 0.1) is 12.8 Å². The minimum atomic E-state index is -4.82. The van der Waals surface area contributed by atoms with Crippen molar-refractivity contribution in [1.29, 1.82) is 0 Å². The highest BCUT2D eigenvalue weighted by Crippen LogP contribution is 2.38. The van der Waals surface area contributed by atoms with Gasteiger partial charge < -0.3 is 31.5 Å². The van der Waals surface area contributed by atoms with E-state index in [0.717, 1.165) is 6.08 Å². The third-order valence-electron chi connectivity index (χ3n) is 4.31. The summed E-state index contributed by atoms with van der Waals surface area (Å²) in [4.78, 5) is 19.4. The summed E-state index contributed by atoms with van der Waals surface area (Å²) >= 11 is 0. The summed E-state index contributed by atoms with van der Waals surface area (Å²) in [6.45, 7) is 9.02. The monoisotopic (exact) mass is 518 g/mol. The number of carbonyl (C=O) groups excluding carboxylic acids is 1. The van der Waals surface area contributed by atoms with Crippen molar-refractivity contribution < 1.29 is 27.8 Å². The Morgan fingerprint density at radius 2 is 2.00 bits per heavy atom. The summed E-state index contributed by atoms with van der Waals surface area (Å²) in [6, 6.07) is 3.96. The summed E-state index contributed by atoms with van der Waals surface area (Å²) < 4.78 is 45.9. The molecule has 0 saturated heterocycles. The molecule has 6 N–H and O–H groups in total. The molecule has 1 atom stereocenters. The van der Waals surface area contributed by atoms with Gasteiger partial charge in [-0.1, -0.05) is 32.4 Å². The van der Waals surface area contributed by atoms with Gasteiger partial charge in [-0.25, -0.2) is 4.98 Å². The van der Waals surface area contributed by atoms with Gasteiger partial charge in [0.2, 0.25) is 11.9 Å². The number of halogens is 3. The van der Waals surface area contributed by atoms with E-state index in [4.69, 9.17) is 16.9 Å². The fraction of sp³-hybridized carbons (Fsp3) is 0.240. The minimum Gasteiger partial charge on any atom is -0.506 e.